The Morgan fingerprint density at radius 1 is 1.24 bits per heavy atom. The van der Waals surface area contributed by atoms with Crippen LogP contribution in [-0.4, -0.2) is 36.9 Å². The first kappa shape index (κ1) is 14.1. The third kappa shape index (κ3) is 3.25. The molecule has 1 aliphatic rings. The lowest BCUT2D eigenvalue weighted by atomic mass is 9.90. The Labute approximate surface area is 124 Å². The zero-order valence-electron chi connectivity index (χ0n) is 12.1. The number of hydrogen-bond donors (Lipinski definition) is 1. The summed E-state index contributed by atoms with van der Waals surface area (Å²) >= 11 is 0. The minimum absolute atomic E-state index is 0.0189. The second-order valence-electron chi connectivity index (χ2n) is 5.05. The lowest BCUT2D eigenvalue weighted by molar-refractivity contribution is -0.0182. The molecule has 2 aromatic rings. The first-order valence-corrected chi connectivity index (χ1v) is 7.31. The van der Waals surface area contributed by atoms with Crippen LogP contribution >= 0.6 is 0 Å². The summed E-state index contributed by atoms with van der Waals surface area (Å²) in [5.74, 6) is 1.70. The molecule has 21 heavy (non-hydrogen) atoms. The summed E-state index contributed by atoms with van der Waals surface area (Å²) in [5, 5.41) is 3.37. The first-order valence-electron chi connectivity index (χ1n) is 7.31. The molecule has 0 bridgehead atoms. The van der Waals surface area contributed by atoms with Gasteiger partial charge in [0.05, 0.1) is 18.2 Å². The lowest BCUT2D eigenvalue weighted by Gasteiger charge is -2.37. The number of nitrogens with one attached hydrogen (secondary N) is 1. The minimum Gasteiger partial charge on any atom is -0.488 e. The summed E-state index contributed by atoms with van der Waals surface area (Å²) in [6, 6.07) is 9.83. The van der Waals surface area contributed by atoms with Gasteiger partial charge >= 0.3 is 0 Å². The number of piperidine rings is 1. The molecule has 3 unspecified atom stereocenters. The SMILES string of the molecule is CCOC1CNCC(Oc2ccccc2)C1c1cnco1. The van der Waals surface area contributed by atoms with Crippen molar-refractivity contribution >= 4 is 0 Å². The Morgan fingerprint density at radius 2 is 2.05 bits per heavy atom. The maximum absolute atomic E-state index is 6.14. The second-order valence-corrected chi connectivity index (χ2v) is 5.05. The van der Waals surface area contributed by atoms with Gasteiger partial charge in [-0.2, -0.15) is 0 Å². The van der Waals surface area contributed by atoms with Gasteiger partial charge in [-0.1, -0.05) is 18.2 Å². The van der Waals surface area contributed by atoms with E-state index in [9.17, 15) is 0 Å². The van der Waals surface area contributed by atoms with Crippen LogP contribution in [0.1, 0.15) is 18.6 Å². The van der Waals surface area contributed by atoms with E-state index in [-0.39, 0.29) is 18.1 Å². The fraction of sp³-hybridized carbons (Fsp3) is 0.438. The number of hydrogen-bond acceptors (Lipinski definition) is 5. The van der Waals surface area contributed by atoms with Crippen LogP contribution in [0.2, 0.25) is 0 Å². The van der Waals surface area contributed by atoms with E-state index in [1.807, 2.05) is 37.3 Å². The summed E-state index contributed by atoms with van der Waals surface area (Å²) < 4.78 is 17.5. The number of rotatable bonds is 5. The van der Waals surface area contributed by atoms with Gasteiger partial charge in [0.15, 0.2) is 6.39 Å². The fourth-order valence-corrected chi connectivity index (χ4v) is 2.78. The summed E-state index contributed by atoms with van der Waals surface area (Å²) in [5.41, 5.74) is 0. The average molecular weight is 288 g/mol. The highest BCUT2D eigenvalue weighted by atomic mass is 16.5. The Kier molecular flexibility index (Phi) is 4.52. The van der Waals surface area contributed by atoms with Crippen molar-refractivity contribution in [3.8, 4) is 5.75 Å². The van der Waals surface area contributed by atoms with Gasteiger partial charge < -0.3 is 19.2 Å². The van der Waals surface area contributed by atoms with E-state index in [2.05, 4.69) is 10.3 Å². The van der Waals surface area contributed by atoms with Gasteiger partial charge in [0, 0.05) is 19.7 Å². The van der Waals surface area contributed by atoms with Crippen molar-refractivity contribution in [2.24, 2.45) is 0 Å². The Morgan fingerprint density at radius 3 is 2.76 bits per heavy atom. The molecule has 3 atom stereocenters. The summed E-state index contributed by atoms with van der Waals surface area (Å²) in [6.07, 6.45) is 3.18. The standard InChI is InChI=1S/C16H20N2O3/c1-2-19-13-8-17-10-15(16(13)14-9-18-11-20-14)21-12-6-4-3-5-7-12/h3-7,9,11,13,15-17H,2,8,10H2,1H3. The number of oxazole rings is 1. The summed E-state index contributed by atoms with van der Waals surface area (Å²) in [7, 11) is 0. The molecule has 3 rings (SSSR count). The molecule has 0 amide bonds. The number of nitrogens with zero attached hydrogens (tertiary/aromatic N) is 1. The van der Waals surface area contributed by atoms with Crippen molar-refractivity contribution in [2.75, 3.05) is 19.7 Å². The zero-order valence-corrected chi connectivity index (χ0v) is 12.1. The van der Waals surface area contributed by atoms with Gasteiger partial charge in [-0.25, -0.2) is 4.98 Å². The van der Waals surface area contributed by atoms with Crippen LogP contribution in [0.25, 0.3) is 0 Å². The van der Waals surface area contributed by atoms with Gasteiger partial charge in [0.25, 0.3) is 0 Å². The number of benzene rings is 1. The highest BCUT2D eigenvalue weighted by Crippen LogP contribution is 2.30. The minimum atomic E-state index is -0.0503. The maximum atomic E-state index is 6.14. The van der Waals surface area contributed by atoms with Crippen LogP contribution in [-0.2, 0) is 4.74 Å². The van der Waals surface area contributed by atoms with Gasteiger partial charge in [-0.15, -0.1) is 0 Å². The van der Waals surface area contributed by atoms with E-state index in [0.29, 0.717) is 6.61 Å². The molecule has 1 N–H and O–H groups in total. The Hall–Kier alpha value is -1.85. The Balaban J connectivity index is 1.82. The van der Waals surface area contributed by atoms with Crippen molar-refractivity contribution < 1.29 is 13.9 Å². The summed E-state index contributed by atoms with van der Waals surface area (Å²) in [6.45, 7) is 4.20. The van der Waals surface area contributed by atoms with Crippen LogP contribution in [0.15, 0.2) is 47.3 Å². The van der Waals surface area contributed by atoms with Crippen molar-refractivity contribution in [3.05, 3.63) is 48.7 Å². The van der Waals surface area contributed by atoms with Crippen LogP contribution in [0, 0.1) is 0 Å². The molecule has 1 aliphatic heterocycles. The smallest absolute Gasteiger partial charge is 0.180 e. The molecule has 2 heterocycles. The highest BCUT2D eigenvalue weighted by Gasteiger charge is 2.38. The predicted molar refractivity (Wildman–Crippen MR) is 78.4 cm³/mol. The normalized spacial score (nSPS) is 25.7. The van der Waals surface area contributed by atoms with E-state index in [4.69, 9.17) is 13.9 Å². The van der Waals surface area contributed by atoms with Crippen LogP contribution in [0.3, 0.4) is 0 Å². The van der Waals surface area contributed by atoms with Crippen molar-refractivity contribution in [1.82, 2.24) is 10.3 Å². The van der Waals surface area contributed by atoms with E-state index in [0.717, 1.165) is 24.6 Å². The van der Waals surface area contributed by atoms with Crippen LogP contribution in [0.5, 0.6) is 5.75 Å². The molecule has 1 fully saturated rings. The molecular formula is C16H20N2O3. The average Bonchev–Trinajstić information content (AvgIpc) is 3.03. The van der Waals surface area contributed by atoms with Gasteiger partial charge in [-0.05, 0) is 19.1 Å². The lowest BCUT2D eigenvalue weighted by Crippen LogP contribution is -2.51. The molecule has 0 radical (unpaired) electrons. The van der Waals surface area contributed by atoms with Crippen LogP contribution < -0.4 is 10.1 Å². The number of ether oxygens (including phenoxy) is 2. The first-order chi connectivity index (χ1) is 10.4. The van der Waals surface area contributed by atoms with E-state index < -0.39 is 0 Å². The largest absolute Gasteiger partial charge is 0.488 e. The second kappa shape index (κ2) is 6.74. The molecule has 112 valence electrons. The monoisotopic (exact) mass is 288 g/mol. The van der Waals surface area contributed by atoms with Gasteiger partial charge in [-0.3, -0.25) is 0 Å². The van der Waals surface area contributed by atoms with E-state index in [1.54, 1.807) is 6.20 Å². The molecule has 5 nitrogen and oxygen atoms in total. The molecule has 1 aromatic heterocycles. The Bertz CT molecular complexity index is 528. The molecule has 1 aromatic carbocycles. The number of para-hydroxylation sites is 1. The van der Waals surface area contributed by atoms with Crippen molar-refractivity contribution in [1.29, 1.82) is 0 Å². The van der Waals surface area contributed by atoms with Crippen molar-refractivity contribution in [3.63, 3.8) is 0 Å². The molecule has 0 saturated carbocycles. The van der Waals surface area contributed by atoms with E-state index >= 15 is 0 Å². The topological polar surface area (TPSA) is 56.5 Å². The maximum Gasteiger partial charge on any atom is 0.180 e. The highest BCUT2D eigenvalue weighted by molar-refractivity contribution is 5.22. The molecular weight excluding hydrogens is 268 g/mol. The van der Waals surface area contributed by atoms with Gasteiger partial charge in [0.1, 0.15) is 17.6 Å². The quantitative estimate of drug-likeness (QED) is 0.914. The molecule has 0 aliphatic carbocycles. The third-order valence-electron chi connectivity index (χ3n) is 3.68. The fourth-order valence-electron chi connectivity index (χ4n) is 2.78. The van der Waals surface area contributed by atoms with Crippen molar-refractivity contribution in [2.45, 2.75) is 25.0 Å². The molecule has 1 saturated heterocycles. The molecule has 5 heteroatoms. The predicted octanol–water partition coefficient (Wildman–Crippen LogP) is 2.21. The summed E-state index contributed by atoms with van der Waals surface area (Å²) in [4.78, 5) is 4.04. The van der Waals surface area contributed by atoms with E-state index in [1.165, 1.54) is 6.39 Å². The number of aromatic nitrogens is 1. The third-order valence-corrected chi connectivity index (χ3v) is 3.68. The molecule has 0 spiro atoms. The van der Waals surface area contributed by atoms with Crippen LogP contribution in [0.4, 0.5) is 0 Å². The zero-order chi connectivity index (χ0) is 14.5. The van der Waals surface area contributed by atoms with Gasteiger partial charge in [0.2, 0.25) is 0 Å².